The Hall–Kier alpha value is -1.81. The number of nitrogens with two attached hydrogens (primary N) is 1. The second-order valence-corrected chi connectivity index (χ2v) is 5.16. The summed E-state index contributed by atoms with van der Waals surface area (Å²) in [5.41, 5.74) is 8.66. The van der Waals surface area contributed by atoms with Crippen LogP contribution in [0.1, 0.15) is 37.0 Å². The average Bonchev–Trinajstić information content (AvgIpc) is 2.79. The van der Waals surface area contributed by atoms with Gasteiger partial charge >= 0.3 is 0 Å². The van der Waals surface area contributed by atoms with Crippen LogP contribution >= 0.6 is 0 Å². The van der Waals surface area contributed by atoms with Crippen LogP contribution in [0, 0.1) is 6.92 Å². The number of aryl methyl sites for hydroxylation is 1. The van der Waals surface area contributed by atoms with Crippen molar-refractivity contribution in [2.45, 2.75) is 33.1 Å². The second-order valence-electron chi connectivity index (χ2n) is 5.16. The highest BCUT2D eigenvalue weighted by molar-refractivity contribution is 5.64. The molecule has 0 saturated carbocycles. The van der Waals surface area contributed by atoms with Gasteiger partial charge in [0.1, 0.15) is 17.2 Å². The summed E-state index contributed by atoms with van der Waals surface area (Å²) in [7, 11) is 1.70. The van der Waals surface area contributed by atoms with Gasteiger partial charge < -0.3 is 14.9 Å². The Kier molecular flexibility index (Phi) is 4.45. The van der Waals surface area contributed by atoms with Gasteiger partial charge in [0.2, 0.25) is 0 Å². The fourth-order valence-electron chi connectivity index (χ4n) is 2.28. The number of nitrogens with zero attached hydrogens (tertiary/aromatic N) is 1. The van der Waals surface area contributed by atoms with E-state index in [0.29, 0.717) is 24.8 Å². The Morgan fingerprint density at radius 3 is 2.70 bits per heavy atom. The molecule has 0 atom stereocenters. The third-order valence-electron chi connectivity index (χ3n) is 3.32. The molecule has 4 heteroatoms. The van der Waals surface area contributed by atoms with Crippen LogP contribution in [0.25, 0.3) is 11.3 Å². The van der Waals surface area contributed by atoms with Gasteiger partial charge in [-0.2, -0.15) is 0 Å². The highest BCUT2D eigenvalue weighted by Gasteiger charge is 2.14. The number of rotatable bonds is 5. The quantitative estimate of drug-likeness (QED) is 0.909. The minimum absolute atomic E-state index is 0.389. The van der Waals surface area contributed by atoms with Crippen molar-refractivity contribution in [3.05, 3.63) is 35.4 Å². The fraction of sp³-hybridized carbons (Fsp3) is 0.438. The van der Waals surface area contributed by atoms with Gasteiger partial charge in [-0.1, -0.05) is 13.8 Å². The van der Waals surface area contributed by atoms with Crippen molar-refractivity contribution in [2.75, 3.05) is 13.7 Å². The van der Waals surface area contributed by atoms with Gasteiger partial charge in [0.15, 0.2) is 5.89 Å². The van der Waals surface area contributed by atoms with Gasteiger partial charge in [-0.3, -0.25) is 0 Å². The maximum atomic E-state index is 5.64. The van der Waals surface area contributed by atoms with Gasteiger partial charge in [-0.15, -0.1) is 0 Å². The van der Waals surface area contributed by atoms with Crippen molar-refractivity contribution >= 4 is 0 Å². The molecule has 1 aromatic carbocycles. The zero-order valence-corrected chi connectivity index (χ0v) is 12.6. The summed E-state index contributed by atoms with van der Waals surface area (Å²) in [6.45, 7) is 6.77. The first-order chi connectivity index (χ1) is 9.56. The lowest BCUT2D eigenvalue weighted by molar-refractivity contribution is 0.407. The Morgan fingerprint density at radius 1 is 1.35 bits per heavy atom. The minimum Gasteiger partial charge on any atom is -0.496 e. The number of oxazole rings is 1. The van der Waals surface area contributed by atoms with Gasteiger partial charge in [-0.25, -0.2) is 4.98 Å². The van der Waals surface area contributed by atoms with Gasteiger partial charge in [0, 0.05) is 18.5 Å². The number of ether oxygens (including phenoxy) is 1. The predicted molar refractivity (Wildman–Crippen MR) is 80.1 cm³/mol. The fourth-order valence-corrected chi connectivity index (χ4v) is 2.28. The topological polar surface area (TPSA) is 61.3 Å². The van der Waals surface area contributed by atoms with Crippen LogP contribution in [0.2, 0.25) is 0 Å². The zero-order valence-electron chi connectivity index (χ0n) is 12.6. The molecule has 0 aliphatic carbocycles. The van der Waals surface area contributed by atoms with E-state index in [4.69, 9.17) is 14.9 Å². The minimum atomic E-state index is 0.389. The summed E-state index contributed by atoms with van der Waals surface area (Å²) in [4.78, 5) is 4.54. The molecule has 4 nitrogen and oxygen atoms in total. The number of aromatic nitrogens is 1. The van der Waals surface area contributed by atoms with Gasteiger partial charge in [0.25, 0.3) is 0 Å². The van der Waals surface area contributed by atoms with Crippen LogP contribution < -0.4 is 10.5 Å². The van der Waals surface area contributed by atoms with Crippen molar-refractivity contribution < 1.29 is 9.15 Å². The Balaban J connectivity index is 2.45. The van der Waals surface area contributed by atoms with Crippen molar-refractivity contribution in [3.8, 4) is 17.0 Å². The van der Waals surface area contributed by atoms with E-state index in [1.165, 1.54) is 5.56 Å². The van der Waals surface area contributed by atoms with Crippen molar-refractivity contribution in [1.29, 1.82) is 0 Å². The highest BCUT2D eigenvalue weighted by atomic mass is 16.5. The van der Waals surface area contributed by atoms with Gasteiger partial charge in [0.05, 0.1) is 7.11 Å². The number of hydrogen-bond acceptors (Lipinski definition) is 4. The third kappa shape index (κ3) is 2.85. The van der Waals surface area contributed by atoms with Crippen molar-refractivity contribution in [3.63, 3.8) is 0 Å². The number of hydrogen-bond donors (Lipinski definition) is 1. The summed E-state index contributed by atoms with van der Waals surface area (Å²) in [6.07, 6.45) is 0.661. The summed E-state index contributed by atoms with van der Waals surface area (Å²) in [5, 5.41) is 0. The molecule has 0 radical (unpaired) electrons. The standard InChI is InChI=1S/C16H22N2O2/c1-10(2)13-9-12(5-6-14(13)19-4)16-11(3)20-15(18-16)7-8-17/h5-6,9-10H,7-8,17H2,1-4H3. The molecule has 0 spiro atoms. The van der Waals surface area contributed by atoms with E-state index in [0.717, 1.165) is 22.8 Å². The number of benzene rings is 1. The molecule has 0 fully saturated rings. The highest BCUT2D eigenvalue weighted by Crippen LogP contribution is 2.32. The lowest BCUT2D eigenvalue weighted by Gasteiger charge is -2.12. The molecule has 0 bridgehead atoms. The summed E-state index contributed by atoms with van der Waals surface area (Å²) in [5.74, 6) is 2.82. The predicted octanol–water partition coefficient (Wildman–Crippen LogP) is 3.28. The summed E-state index contributed by atoms with van der Waals surface area (Å²) >= 11 is 0. The van der Waals surface area contributed by atoms with Crippen molar-refractivity contribution in [1.82, 2.24) is 4.98 Å². The SMILES string of the molecule is COc1ccc(-c2nc(CCN)oc2C)cc1C(C)C. The molecule has 2 N–H and O–H groups in total. The van der Waals surface area contributed by atoms with Crippen LogP contribution in [0.3, 0.4) is 0 Å². The molecule has 0 amide bonds. The molecule has 108 valence electrons. The van der Waals surface area contributed by atoms with E-state index in [1.54, 1.807) is 7.11 Å². The number of methoxy groups -OCH3 is 1. The molecule has 2 rings (SSSR count). The van der Waals surface area contributed by atoms with Gasteiger partial charge in [-0.05, 0) is 36.6 Å². The van der Waals surface area contributed by atoms with Crippen LogP contribution in [-0.2, 0) is 6.42 Å². The smallest absolute Gasteiger partial charge is 0.196 e. The van der Waals surface area contributed by atoms with Crippen molar-refractivity contribution in [2.24, 2.45) is 5.73 Å². The molecule has 1 aromatic heterocycles. The first kappa shape index (κ1) is 14.6. The Labute approximate surface area is 120 Å². The average molecular weight is 274 g/mol. The molecule has 0 aliphatic rings. The van der Waals surface area contributed by atoms with E-state index in [9.17, 15) is 0 Å². The Morgan fingerprint density at radius 2 is 2.10 bits per heavy atom. The normalized spacial score (nSPS) is 11.1. The maximum Gasteiger partial charge on any atom is 0.196 e. The Bertz CT molecular complexity index is 588. The van der Waals surface area contributed by atoms with E-state index >= 15 is 0 Å². The molecule has 0 saturated heterocycles. The van der Waals surface area contributed by atoms with Crippen LogP contribution in [0.5, 0.6) is 5.75 Å². The first-order valence-corrected chi connectivity index (χ1v) is 6.91. The molecule has 20 heavy (non-hydrogen) atoms. The first-order valence-electron chi connectivity index (χ1n) is 6.91. The molecular formula is C16H22N2O2. The summed E-state index contributed by atoms with van der Waals surface area (Å²) < 4.78 is 11.1. The molecule has 0 unspecified atom stereocenters. The molecular weight excluding hydrogens is 252 g/mol. The largest absolute Gasteiger partial charge is 0.496 e. The van der Waals surface area contributed by atoms with E-state index in [-0.39, 0.29) is 0 Å². The molecule has 0 aliphatic heterocycles. The van der Waals surface area contributed by atoms with E-state index < -0.39 is 0 Å². The van der Waals surface area contributed by atoms with E-state index in [2.05, 4.69) is 24.9 Å². The molecule has 1 heterocycles. The lowest BCUT2D eigenvalue weighted by atomic mass is 9.98. The van der Waals surface area contributed by atoms with Crippen LogP contribution in [-0.4, -0.2) is 18.6 Å². The monoisotopic (exact) mass is 274 g/mol. The lowest BCUT2D eigenvalue weighted by Crippen LogP contribution is -2.02. The zero-order chi connectivity index (χ0) is 14.7. The summed E-state index contributed by atoms with van der Waals surface area (Å²) in [6, 6.07) is 6.13. The van der Waals surface area contributed by atoms with E-state index in [1.807, 2.05) is 19.1 Å². The van der Waals surface area contributed by atoms with Crippen LogP contribution in [0.15, 0.2) is 22.6 Å². The maximum absolute atomic E-state index is 5.64. The third-order valence-corrected chi connectivity index (χ3v) is 3.32. The second kappa shape index (κ2) is 6.09. The molecule has 2 aromatic rings. The van der Waals surface area contributed by atoms with Crippen LogP contribution in [0.4, 0.5) is 0 Å².